The van der Waals surface area contributed by atoms with E-state index in [0.29, 0.717) is 0 Å². The molecule has 0 bridgehead atoms. The second-order valence-electron chi connectivity index (χ2n) is 6.19. The summed E-state index contributed by atoms with van der Waals surface area (Å²) >= 11 is 0. The summed E-state index contributed by atoms with van der Waals surface area (Å²) < 4.78 is 52.3. The molecule has 0 spiro atoms. The fraction of sp³-hybridized carbons (Fsp3) is 0.278. The molecule has 2 aromatic carbocycles. The molecule has 8 nitrogen and oxygen atoms in total. The van der Waals surface area contributed by atoms with Gasteiger partial charge in [0.25, 0.3) is 21.3 Å². The fourth-order valence-corrected chi connectivity index (χ4v) is 3.79. The third-order valence-corrected chi connectivity index (χ3v) is 5.20. The highest BCUT2D eigenvalue weighted by atomic mass is 32.2. The molecule has 12 heteroatoms. The monoisotopic (exact) mass is 476 g/mol. The van der Waals surface area contributed by atoms with E-state index in [2.05, 4.69) is 10.0 Å². The summed E-state index contributed by atoms with van der Waals surface area (Å²) in [6, 6.07) is 9.78. The van der Waals surface area contributed by atoms with Crippen molar-refractivity contribution in [3.8, 4) is 11.5 Å². The highest BCUT2D eigenvalue weighted by Gasteiger charge is 2.22. The van der Waals surface area contributed by atoms with E-state index in [0.717, 1.165) is 0 Å². The summed E-state index contributed by atoms with van der Waals surface area (Å²) in [6.45, 7) is 3.17. The quantitative estimate of drug-likeness (QED) is 0.480. The van der Waals surface area contributed by atoms with E-state index in [1.54, 1.807) is 6.92 Å². The van der Waals surface area contributed by atoms with Gasteiger partial charge in [0.05, 0.1) is 12.3 Å². The zero-order valence-electron chi connectivity index (χ0n) is 16.3. The number of anilines is 2. The Hall–Kier alpha value is -1.99. The highest BCUT2D eigenvalue weighted by Crippen LogP contribution is 2.34. The number of hydrogen-bond acceptors (Lipinski definition) is 6. The molecular formula is C18H23FN2O6P2S. The molecule has 0 aromatic heterocycles. The maximum atomic E-state index is 13.6. The molecule has 0 aliphatic rings. The number of aliphatic hydroxyl groups is 1. The zero-order chi connectivity index (χ0) is 22.5. The summed E-state index contributed by atoms with van der Waals surface area (Å²) in [7, 11) is -0.383. The Bertz CT molecular complexity index is 1010. The van der Waals surface area contributed by atoms with E-state index >= 15 is 0 Å². The zero-order valence-corrected chi connectivity index (χ0v) is 19.4. The van der Waals surface area contributed by atoms with Crippen molar-refractivity contribution in [2.24, 2.45) is 0 Å². The molecule has 1 amide bonds. The van der Waals surface area contributed by atoms with Gasteiger partial charge in [-0.05, 0) is 56.6 Å². The highest BCUT2D eigenvalue weighted by molar-refractivity contribution is 7.92. The molecule has 0 fully saturated rings. The minimum Gasteiger partial charge on any atom is -0.492 e. The lowest BCUT2D eigenvalue weighted by Gasteiger charge is -2.18. The van der Waals surface area contributed by atoms with Crippen molar-refractivity contribution in [2.75, 3.05) is 16.6 Å². The summed E-state index contributed by atoms with van der Waals surface area (Å²) in [5.74, 6) is -0.516. The molecule has 2 rings (SSSR count). The average molecular weight is 476 g/mol. The van der Waals surface area contributed by atoms with Gasteiger partial charge in [0.15, 0.2) is 0 Å². The lowest BCUT2D eigenvalue weighted by molar-refractivity contribution is -0.123. The van der Waals surface area contributed by atoms with Crippen LogP contribution in [0.15, 0.2) is 47.4 Å². The van der Waals surface area contributed by atoms with Crippen molar-refractivity contribution < 1.29 is 32.2 Å². The second-order valence-corrected chi connectivity index (χ2v) is 10.1. The Labute approximate surface area is 179 Å². The SMILES string of the molecule is CCOc1cc(NC(=O)C(C)O)ccc1S(=O)(=O)Nc1cccc(OC(F)(P)P)c1. The Morgan fingerprint density at radius 3 is 2.53 bits per heavy atom. The van der Waals surface area contributed by atoms with Crippen LogP contribution in [0.3, 0.4) is 0 Å². The van der Waals surface area contributed by atoms with Gasteiger partial charge in [-0.15, -0.1) is 0 Å². The van der Waals surface area contributed by atoms with Gasteiger partial charge in [-0.3, -0.25) is 9.52 Å². The van der Waals surface area contributed by atoms with Gasteiger partial charge >= 0.3 is 0 Å². The van der Waals surface area contributed by atoms with E-state index in [4.69, 9.17) is 9.47 Å². The number of nitrogens with one attached hydrogen (secondary N) is 2. The van der Waals surface area contributed by atoms with Crippen LogP contribution in [0.4, 0.5) is 15.8 Å². The normalized spacial score (nSPS) is 12.7. The number of ether oxygens (including phenoxy) is 2. The lowest BCUT2D eigenvalue weighted by Crippen LogP contribution is -2.24. The summed E-state index contributed by atoms with van der Waals surface area (Å²) in [4.78, 5) is 11.5. The predicted molar refractivity (Wildman–Crippen MR) is 119 cm³/mol. The molecule has 3 atom stereocenters. The minimum absolute atomic E-state index is 0.0125. The topological polar surface area (TPSA) is 114 Å². The number of carbonyl (C=O) groups excluding carboxylic acids is 1. The Balaban J connectivity index is 2.32. The molecule has 0 saturated carbocycles. The largest absolute Gasteiger partial charge is 0.492 e. The minimum atomic E-state index is -4.09. The molecule has 0 saturated heterocycles. The van der Waals surface area contributed by atoms with Crippen molar-refractivity contribution in [3.63, 3.8) is 0 Å². The molecular weight excluding hydrogens is 453 g/mol. The maximum Gasteiger partial charge on any atom is 0.270 e. The van der Waals surface area contributed by atoms with Crippen LogP contribution in [0, 0.1) is 0 Å². The molecule has 3 N–H and O–H groups in total. The van der Waals surface area contributed by atoms with E-state index < -0.39 is 27.4 Å². The first kappa shape index (κ1) is 24.3. The number of benzene rings is 2. The van der Waals surface area contributed by atoms with Crippen molar-refractivity contribution in [1.82, 2.24) is 0 Å². The Morgan fingerprint density at radius 2 is 1.93 bits per heavy atom. The molecule has 0 aliphatic heterocycles. The Morgan fingerprint density at radius 1 is 1.23 bits per heavy atom. The summed E-state index contributed by atoms with van der Waals surface area (Å²) in [5, 5.41) is 9.68. The van der Waals surface area contributed by atoms with E-state index in [1.807, 2.05) is 18.5 Å². The van der Waals surface area contributed by atoms with Crippen LogP contribution in [0.25, 0.3) is 0 Å². The van der Waals surface area contributed by atoms with Crippen LogP contribution in [-0.2, 0) is 14.8 Å². The van der Waals surface area contributed by atoms with Crippen molar-refractivity contribution >= 4 is 45.8 Å². The molecule has 0 aliphatic carbocycles. The molecule has 2 aromatic rings. The molecule has 0 radical (unpaired) electrons. The number of carbonyl (C=O) groups is 1. The van der Waals surface area contributed by atoms with Crippen LogP contribution >= 0.6 is 18.5 Å². The van der Waals surface area contributed by atoms with Crippen molar-refractivity contribution in [3.05, 3.63) is 42.5 Å². The standard InChI is InChI=1S/C18H23FN2O6P2S/c1-3-26-15-10-12(20-17(23)11(2)22)7-8-16(15)30(24,25)21-13-5-4-6-14(9-13)27-18(19,28)29/h4-11,21-22H,3,28-29H2,1-2H3,(H,20,23). The first-order chi connectivity index (χ1) is 13.9. The number of halogens is 1. The first-order valence-electron chi connectivity index (χ1n) is 8.75. The van der Waals surface area contributed by atoms with Crippen molar-refractivity contribution in [1.29, 1.82) is 0 Å². The first-order valence-corrected chi connectivity index (χ1v) is 11.4. The van der Waals surface area contributed by atoms with Gasteiger partial charge in [0, 0.05) is 17.8 Å². The van der Waals surface area contributed by atoms with Crippen LogP contribution in [0.2, 0.25) is 0 Å². The van der Waals surface area contributed by atoms with Gasteiger partial charge in [-0.25, -0.2) is 8.42 Å². The third kappa shape index (κ3) is 7.06. The smallest absolute Gasteiger partial charge is 0.270 e. The van der Waals surface area contributed by atoms with Crippen LogP contribution < -0.4 is 19.5 Å². The van der Waals surface area contributed by atoms with Crippen LogP contribution in [-0.4, -0.2) is 37.5 Å². The number of aliphatic hydroxyl groups excluding tert-OH is 1. The van der Waals surface area contributed by atoms with Gasteiger partial charge in [-0.1, -0.05) is 6.07 Å². The van der Waals surface area contributed by atoms with Crippen LogP contribution in [0.1, 0.15) is 13.8 Å². The predicted octanol–water partition coefficient (Wildman–Crippen LogP) is 2.92. The van der Waals surface area contributed by atoms with E-state index in [9.17, 15) is 22.7 Å². The van der Waals surface area contributed by atoms with E-state index in [-0.39, 0.29) is 34.4 Å². The summed E-state index contributed by atoms with van der Waals surface area (Å²) in [6.07, 6.45) is -1.23. The molecule has 30 heavy (non-hydrogen) atoms. The molecule has 3 unspecified atom stereocenters. The second kappa shape index (κ2) is 9.88. The Kier molecular flexibility index (Phi) is 7.99. The maximum absolute atomic E-state index is 13.6. The number of amides is 1. The fourth-order valence-electron chi connectivity index (χ4n) is 2.34. The average Bonchev–Trinajstić information content (AvgIpc) is 2.60. The molecule has 164 valence electrons. The van der Waals surface area contributed by atoms with E-state index in [1.165, 1.54) is 49.4 Å². The van der Waals surface area contributed by atoms with Gasteiger partial charge < -0.3 is 19.9 Å². The summed E-state index contributed by atoms with van der Waals surface area (Å²) in [5.41, 5.74) is 0.416. The van der Waals surface area contributed by atoms with Gasteiger partial charge in [0.2, 0.25) is 0 Å². The number of rotatable bonds is 9. The molecule has 0 heterocycles. The number of alkyl halides is 1. The van der Waals surface area contributed by atoms with Crippen LogP contribution in [0.5, 0.6) is 11.5 Å². The number of sulfonamides is 1. The van der Waals surface area contributed by atoms with Crippen molar-refractivity contribution in [2.45, 2.75) is 30.2 Å². The number of hydrogen-bond donors (Lipinski definition) is 3. The van der Waals surface area contributed by atoms with Gasteiger partial charge in [0.1, 0.15) is 22.5 Å². The third-order valence-electron chi connectivity index (χ3n) is 3.54. The van der Waals surface area contributed by atoms with Gasteiger partial charge in [-0.2, -0.15) is 4.39 Å². The lowest BCUT2D eigenvalue weighted by atomic mass is 10.2.